The first-order chi connectivity index (χ1) is 12.5. The molecule has 0 fully saturated rings. The van der Waals surface area contributed by atoms with Crippen molar-refractivity contribution in [1.82, 2.24) is 9.62 Å². The number of nitrogens with zero attached hydrogens (tertiary/aromatic N) is 1. The molecule has 1 amide bonds. The number of hydrogen-bond acceptors (Lipinski definition) is 4. The van der Waals surface area contributed by atoms with Gasteiger partial charge in [0.05, 0.1) is 11.5 Å². The summed E-state index contributed by atoms with van der Waals surface area (Å²) in [5.41, 5.74) is 2.77. The van der Waals surface area contributed by atoms with Gasteiger partial charge >= 0.3 is 0 Å². The Labute approximate surface area is 153 Å². The van der Waals surface area contributed by atoms with Gasteiger partial charge in [-0.05, 0) is 35.7 Å². The summed E-state index contributed by atoms with van der Waals surface area (Å²) in [6.07, 6.45) is 0.804. The first-order valence-electron chi connectivity index (χ1n) is 8.46. The Kier molecular flexibility index (Phi) is 5.70. The summed E-state index contributed by atoms with van der Waals surface area (Å²) in [5.74, 6) is -0.159. The summed E-state index contributed by atoms with van der Waals surface area (Å²) in [4.78, 5) is 14.7. The SMILES string of the molecule is COCCNS(=O)(=O)c1cccc(C(=O)N2CCc3ccccc3C2)c1. The highest BCUT2D eigenvalue weighted by molar-refractivity contribution is 7.89. The van der Waals surface area contributed by atoms with E-state index in [9.17, 15) is 13.2 Å². The van der Waals surface area contributed by atoms with E-state index in [4.69, 9.17) is 4.74 Å². The Morgan fingerprint density at radius 1 is 1.15 bits per heavy atom. The van der Waals surface area contributed by atoms with Crippen LogP contribution in [0.3, 0.4) is 0 Å². The molecule has 2 aromatic rings. The molecule has 1 aliphatic rings. The normalized spacial score (nSPS) is 14.1. The highest BCUT2D eigenvalue weighted by Crippen LogP contribution is 2.21. The standard InChI is InChI=1S/C19H22N2O4S/c1-25-12-10-20-26(23,24)18-8-4-7-16(13-18)19(22)21-11-9-15-5-2-3-6-17(15)14-21/h2-8,13,20H,9-12,14H2,1H3. The Balaban J connectivity index is 1.77. The molecule has 0 saturated heterocycles. The third-order valence-electron chi connectivity index (χ3n) is 4.41. The van der Waals surface area contributed by atoms with Gasteiger partial charge in [0.2, 0.25) is 10.0 Å². The lowest BCUT2D eigenvalue weighted by Gasteiger charge is -2.29. The van der Waals surface area contributed by atoms with Gasteiger partial charge in [0.15, 0.2) is 0 Å². The van der Waals surface area contributed by atoms with Crippen molar-refractivity contribution >= 4 is 15.9 Å². The van der Waals surface area contributed by atoms with Gasteiger partial charge in [0.1, 0.15) is 0 Å². The zero-order chi connectivity index (χ0) is 18.6. The van der Waals surface area contributed by atoms with Gasteiger partial charge in [-0.2, -0.15) is 0 Å². The van der Waals surface area contributed by atoms with E-state index in [2.05, 4.69) is 10.8 Å². The first-order valence-corrected chi connectivity index (χ1v) is 9.94. The van der Waals surface area contributed by atoms with Crippen LogP contribution in [-0.2, 0) is 27.7 Å². The summed E-state index contributed by atoms with van der Waals surface area (Å²) in [7, 11) is -2.16. The van der Waals surface area contributed by atoms with Gasteiger partial charge in [-0.1, -0.05) is 30.3 Å². The monoisotopic (exact) mass is 374 g/mol. The fourth-order valence-electron chi connectivity index (χ4n) is 3.01. The van der Waals surface area contributed by atoms with Crippen LogP contribution < -0.4 is 4.72 Å². The zero-order valence-electron chi connectivity index (χ0n) is 14.6. The number of ether oxygens (including phenoxy) is 1. The van der Waals surface area contributed by atoms with Gasteiger partial charge in [-0.15, -0.1) is 0 Å². The number of hydrogen-bond donors (Lipinski definition) is 1. The van der Waals surface area contributed by atoms with E-state index in [-0.39, 0.29) is 24.0 Å². The van der Waals surface area contributed by atoms with Crippen LogP contribution in [-0.4, -0.2) is 46.0 Å². The fraction of sp³-hybridized carbons (Fsp3) is 0.316. The predicted octanol–water partition coefficient (Wildman–Crippen LogP) is 1.81. The second-order valence-corrected chi connectivity index (χ2v) is 7.93. The van der Waals surface area contributed by atoms with Crippen LogP contribution >= 0.6 is 0 Å². The summed E-state index contributed by atoms with van der Waals surface area (Å²) in [5, 5.41) is 0. The molecule has 26 heavy (non-hydrogen) atoms. The molecule has 0 atom stereocenters. The number of carbonyl (C=O) groups excluding carboxylic acids is 1. The predicted molar refractivity (Wildman–Crippen MR) is 98.4 cm³/mol. The molecule has 0 spiro atoms. The van der Waals surface area contributed by atoms with E-state index >= 15 is 0 Å². The molecule has 0 aromatic heterocycles. The van der Waals surface area contributed by atoms with Crippen molar-refractivity contribution in [3.05, 3.63) is 65.2 Å². The van der Waals surface area contributed by atoms with E-state index in [1.54, 1.807) is 17.0 Å². The lowest BCUT2D eigenvalue weighted by atomic mass is 9.99. The Morgan fingerprint density at radius 3 is 2.69 bits per heavy atom. The zero-order valence-corrected chi connectivity index (χ0v) is 15.5. The third kappa shape index (κ3) is 4.12. The third-order valence-corrected chi connectivity index (χ3v) is 5.87. The lowest BCUT2D eigenvalue weighted by molar-refractivity contribution is 0.0734. The number of methoxy groups -OCH3 is 1. The highest BCUT2D eigenvalue weighted by Gasteiger charge is 2.23. The lowest BCUT2D eigenvalue weighted by Crippen LogP contribution is -2.36. The quantitative estimate of drug-likeness (QED) is 0.783. The van der Waals surface area contributed by atoms with Crippen LogP contribution in [0.4, 0.5) is 0 Å². The van der Waals surface area contributed by atoms with Gasteiger partial charge in [-0.3, -0.25) is 4.79 Å². The number of nitrogens with one attached hydrogen (secondary N) is 1. The molecule has 0 aliphatic carbocycles. The summed E-state index contributed by atoms with van der Waals surface area (Å²) < 4.78 is 32.0. The van der Waals surface area contributed by atoms with Crippen molar-refractivity contribution in [3.63, 3.8) is 0 Å². The number of fused-ring (bicyclic) bond motifs is 1. The van der Waals surface area contributed by atoms with Crippen LogP contribution in [0, 0.1) is 0 Å². The topological polar surface area (TPSA) is 75.7 Å². The summed E-state index contributed by atoms with van der Waals surface area (Å²) in [6, 6.07) is 14.2. The molecule has 1 aliphatic heterocycles. The van der Waals surface area contributed by atoms with Gasteiger partial charge < -0.3 is 9.64 Å². The summed E-state index contributed by atoms with van der Waals surface area (Å²) >= 11 is 0. The van der Waals surface area contributed by atoms with E-state index in [0.29, 0.717) is 18.7 Å². The molecule has 1 N–H and O–H groups in total. The molecule has 0 bridgehead atoms. The first kappa shape index (κ1) is 18.6. The number of amides is 1. The maximum atomic E-state index is 12.8. The van der Waals surface area contributed by atoms with Crippen LogP contribution in [0.15, 0.2) is 53.4 Å². The van der Waals surface area contributed by atoms with Crippen LogP contribution in [0.2, 0.25) is 0 Å². The number of benzene rings is 2. The van der Waals surface area contributed by atoms with Gasteiger partial charge in [0.25, 0.3) is 5.91 Å². The number of carbonyl (C=O) groups is 1. The highest BCUT2D eigenvalue weighted by atomic mass is 32.2. The van der Waals surface area contributed by atoms with Crippen molar-refractivity contribution in [2.45, 2.75) is 17.9 Å². The molecule has 138 valence electrons. The maximum Gasteiger partial charge on any atom is 0.254 e. The van der Waals surface area contributed by atoms with Crippen molar-refractivity contribution in [1.29, 1.82) is 0 Å². The van der Waals surface area contributed by atoms with E-state index < -0.39 is 10.0 Å². The van der Waals surface area contributed by atoms with E-state index in [1.807, 2.05) is 18.2 Å². The van der Waals surface area contributed by atoms with Gasteiger partial charge in [-0.25, -0.2) is 13.1 Å². The minimum absolute atomic E-state index is 0.0804. The van der Waals surface area contributed by atoms with Crippen molar-refractivity contribution < 1.29 is 17.9 Å². The molecule has 0 saturated carbocycles. The maximum absolute atomic E-state index is 12.8. The van der Waals surface area contributed by atoms with Crippen molar-refractivity contribution in [2.24, 2.45) is 0 Å². The molecule has 2 aromatic carbocycles. The Bertz CT molecular complexity index is 896. The van der Waals surface area contributed by atoms with Crippen LogP contribution in [0.1, 0.15) is 21.5 Å². The average Bonchev–Trinajstić information content (AvgIpc) is 2.67. The minimum Gasteiger partial charge on any atom is -0.383 e. The number of rotatable bonds is 6. The van der Waals surface area contributed by atoms with E-state index in [0.717, 1.165) is 12.0 Å². The van der Waals surface area contributed by atoms with Crippen LogP contribution in [0.5, 0.6) is 0 Å². The molecular formula is C19H22N2O4S. The van der Waals surface area contributed by atoms with Gasteiger partial charge in [0, 0.05) is 32.3 Å². The molecule has 6 nitrogen and oxygen atoms in total. The molecule has 0 unspecified atom stereocenters. The average molecular weight is 374 g/mol. The Hall–Kier alpha value is -2.22. The van der Waals surface area contributed by atoms with Crippen molar-refractivity contribution in [2.75, 3.05) is 26.8 Å². The number of sulfonamides is 1. The second-order valence-electron chi connectivity index (χ2n) is 6.16. The summed E-state index contributed by atoms with van der Waals surface area (Å²) in [6.45, 7) is 1.63. The molecule has 7 heteroatoms. The minimum atomic E-state index is -3.67. The molecular weight excluding hydrogens is 352 g/mol. The van der Waals surface area contributed by atoms with Crippen LogP contribution in [0.25, 0.3) is 0 Å². The molecule has 1 heterocycles. The Morgan fingerprint density at radius 2 is 1.92 bits per heavy atom. The fourth-order valence-corrected chi connectivity index (χ4v) is 4.07. The second kappa shape index (κ2) is 7.99. The molecule has 3 rings (SSSR count). The van der Waals surface area contributed by atoms with Crippen molar-refractivity contribution in [3.8, 4) is 0 Å². The van der Waals surface area contributed by atoms with E-state index in [1.165, 1.54) is 24.8 Å². The largest absolute Gasteiger partial charge is 0.383 e. The smallest absolute Gasteiger partial charge is 0.254 e. The molecule has 0 radical (unpaired) electrons.